The highest BCUT2D eigenvalue weighted by molar-refractivity contribution is 5.76. The minimum atomic E-state index is -0.992. The first-order valence-electron chi connectivity index (χ1n) is 9.31. The number of ether oxygens (including phenoxy) is 1. The molecule has 0 saturated heterocycles. The van der Waals surface area contributed by atoms with Gasteiger partial charge in [0.05, 0.1) is 13.2 Å². The molecular weight excluding hydrogens is 290 g/mol. The molecular formula is C19H37NO3. The number of aliphatic hydroxyl groups is 1. The van der Waals surface area contributed by atoms with Crippen LogP contribution in [0.1, 0.15) is 84.0 Å². The monoisotopic (exact) mass is 327 g/mol. The van der Waals surface area contributed by atoms with E-state index in [1.54, 1.807) is 6.08 Å². The van der Waals surface area contributed by atoms with Crippen molar-refractivity contribution >= 4 is 5.97 Å². The van der Waals surface area contributed by atoms with Crippen molar-refractivity contribution in [3.63, 3.8) is 0 Å². The zero-order valence-corrected chi connectivity index (χ0v) is 15.1. The highest BCUT2D eigenvalue weighted by atomic mass is 16.5. The molecule has 23 heavy (non-hydrogen) atoms. The summed E-state index contributed by atoms with van der Waals surface area (Å²) in [6.07, 6.45) is 18.0. The van der Waals surface area contributed by atoms with Gasteiger partial charge in [-0.15, -0.1) is 0 Å². The van der Waals surface area contributed by atoms with Crippen LogP contribution in [0.25, 0.3) is 0 Å². The topological polar surface area (TPSA) is 72.5 Å². The second kappa shape index (κ2) is 16.0. The van der Waals surface area contributed by atoms with Gasteiger partial charge in [0.15, 0.2) is 0 Å². The Labute approximate surface area is 142 Å². The molecule has 0 saturated carbocycles. The largest absolute Gasteiger partial charge is 0.468 e. The molecule has 136 valence electrons. The summed E-state index contributed by atoms with van der Waals surface area (Å²) in [5.74, 6) is -0.586. The van der Waals surface area contributed by atoms with Crippen LogP contribution in [0.15, 0.2) is 12.2 Å². The van der Waals surface area contributed by atoms with Crippen LogP contribution in [0.3, 0.4) is 0 Å². The molecule has 0 aromatic heterocycles. The third-order valence-corrected chi connectivity index (χ3v) is 4.15. The molecule has 4 heteroatoms. The number of nitrogens with two attached hydrogens (primary N) is 1. The maximum absolute atomic E-state index is 11.1. The summed E-state index contributed by atoms with van der Waals surface area (Å²) < 4.78 is 4.49. The van der Waals surface area contributed by atoms with Gasteiger partial charge >= 0.3 is 5.97 Å². The Bertz CT molecular complexity index is 305. The van der Waals surface area contributed by atoms with Crippen LogP contribution in [0.5, 0.6) is 0 Å². The van der Waals surface area contributed by atoms with Crippen molar-refractivity contribution in [2.75, 3.05) is 7.11 Å². The lowest BCUT2D eigenvalue weighted by Crippen LogP contribution is -2.41. The summed E-state index contributed by atoms with van der Waals surface area (Å²) in [6.45, 7) is 2.25. The van der Waals surface area contributed by atoms with Gasteiger partial charge in [-0.2, -0.15) is 0 Å². The molecule has 2 atom stereocenters. The van der Waals surface area contributed by atoms with E-state index in [1.165, 1.54) is 71.3 Å². The van der Waals surface area contributed by atoms with Gasteiger partial charge in [0, 0.05) is 0 Å². The molecule has 3 N–H and O–H groups in total. The number of hydrogen-bond acceptors (Lipinski definition) is 4. The maximum Gasteiger partial charge on any atom is 0.325 e. The van der Waals surface area contributed by atoms with Gasteiger partial charge in [-0.3, -0.25) is 4.79 Å². The lowest BCUT2D eigenvalue weighted by molar-refractivity contribution is -0.144. The van der Waals surface area contributed by atoms with E-state index in [9.17, 15) is 9.90 Å². The Balaban J connectivity index is 3.38. The summed E-state index contributed by atoms with van der Waals surface area (Å²) in [6, 6.07) is -0.992. The highest BCUT2D eigenvalue weighted by Gasteiger charge is 2.20. The van der Waals surface area contributed by atoms with Crippen LogP contribution >= 0.6 is 0 Å². The second-order valence-corrected chi connectivity index (χ2v) is 6.29. The van der Waals surface area contributed by atoms with Crippen molar-refractivity contribution in [3.8, 4) is 0 Å². The van der Waals surface area contributed by atoms with Crippen LogP contribution in [-0.4, -0.2) is 30.3 Å². The Hall–Kier alpha value is -0.870. The van der Waals surface area contributed by atoms with Crippen molar-refractivity contribution in [3.05, 3.63) is 12.2 Å². The van der Waals surface area contributed by atoms with Crippen LogP contribution in [0, 0.1) is 0 Å². The molecule has 0 fully saturated rings. The minimum Gasteiger partial charge on any atom is -0.468 e. The van der Waals surface area contributed by atoms with Crippen molar-refractivity contribution in [2.45, 2.75) is 96.1 Å². The summed E-state index contributed by atoms with van der Waals surface area (Å²) in [4.78, 5) is 11.1. The molecule has 0 bridgehead atoms. The molecule has 0 aromatic rings. The number of rotatable bonds is 15. The lowest BCUT2D eigenvalue weighted by atomic mass is 10.0. The highest BCUT2D eigenvalue weighted by Crippen LogP contribution is 2.12. The molecule has 0 aromatic carbocycles. The zero-order chi connectivity index (χ0) is 17.3. The smallest absolute Gasteiger partial charge is 0.325 e. The molecule has 0 spiro atoms. The van der Waals surface area contributed by atoms with Crippen LogP contribution < -0.4 is 5.73 Å². The fraction of sp³-hybridized carbons (Fsp3) is 0.842. The third kappa shape index (κ3) is 13.3. The van der Waals surface area contributed by atoms with Crippen molar-refractivity contribution in [2.24, 2.45) is 5.73 Å². The Morgan fingerprint density at radius 1 is 1.00 bits per heavy atom. The normalized spacial score (nSPS) is 14.1. The first-order chi connectivity index (χ1) is 11.1. The summed E-state index contributed by atoms with van der Waals surface area (Å²) in [5.41, 5.74) is 5.54. The summed E-state index contributed by atoms with van der Waals surface area (Å²) >= 11 is 0. The number of esters is 1. The SMILES string of the molecule is CCCCCCCCCCCCC/C=C/[C@H](O)[C@@H](N)C(=O)OC. The van der Waals surface area contributed by atoms with Crippen molar-refractivity contribution in [1.82, 2.24) is 0 Å². The van der Waals surface area contributed by atoms with Crippen molar-refractivity contribution < 1.29 is 14.6 Å². The number of allylic oxidation sites excluding steroid dienone is 1. The number of hydrogen-bond donors (Lipinski definition) is 2. The minimum absolute atomic E-state index is 0.586. The quantitative estimate of drug-likeness (QED) is 0.270. The first-order valence-corrected chi connectivity index (χ1v) is 9.31. The van der Waals surface area contributed by atoms with E-state index in [-0.39, 0.29) is 0 Å². The van der Waals surface area contributed by atoms with Gasteiger partial charge in [-0.25, -0.2) is 0 Å². The summed E-state index contributed by atoms with van der Waals surface area (Å²) in [7, 11) is 1.27. The fourth-order valence-corrected chi connectivity index (χ4v) is 2.56. The van der Waals surface area contributed by atoms with Gasteiger partial charge in [-0.05, 0) is 12.8 Å². The lowest BCUT2D eigenvalue weighted by Gasteiger charge is -2.12. The molecule has 4 nitrogen and oxygen atoms in total. The standard InChI is InChI=1S/C19H37NO3/c1-3-4-5-6-7-8-9-10-11-12-13-14-15-16-17(21)18(20)19(22)23-2/h15-18,21H,3-14,20H2,1-2H3/b16-15+/t17-,18+/m0/s1. The molecule has 0 aliphatic rings. The Morgan fingerprint density at radius 3 is 1.96 bits per heavy atom. The van der Waals surface area contributed by atoms with Gasteiger partial charge < -0.3 is 15.6 Å². The van der Waals surface area contributed by atoms with E-state index in [1.807, 2.05) is 6.08 Å². The predicted octanol–water partition coefficient (Wildman–Crippen LogP) is 4.10. The van der Waals surface area contributed by atoms with E-state index in [0.29, 0.717) is 0 Å². The number of aliphatic hydroxyl groups excluding tert-OH is 1. The Morgan fingerprint density at radius 2 is 1.48 bits per heavy atom. The second-order valence-electron chi connectivity index (χ2n) is 6.29. The van der Waals surface area contributed by atoms with Gasteiger partial charge in [0.25, 0.3) is 0 Å². The first kappa shape index (κ1) is 22.1. The number of unbranched alkanes of at least 4 members (excludes halogenated alkanes) is 11. The summed E-state index contributed by atoms with van der Waals surface area (Å²) in [5, 5.41) is 9.68. The number of carbonyl (C=O) groups is 1. The van der Waals surface area contributed by atoms with Gasteiger partial charge in [-0.1, -0.05) is 83.3 Å². The van der Waals surface area contributed by atoms with Crippen LogP contribution in [0.2, 0.25) is 0 Å². The van der Waals surface area contributed by atoms with Gasteiger partial charge in [0.2, 0.25) is 0 Å². The fourth-order valence-electron chi connectivity index (χ4n) is 2.56. The van der Waals surface area contributed by atoms with Crippen LogP contribution in [-0.2, 0) is 9.53 Å². The molecule has 0 aliphatic carbocycles. The number of methoxy groups -OCH3 is 1. The average Bonchev–Trinajstić information content (AvgIpc) is 2.57. The van der Waals surface area contributed by atoms with E-state index < -0.39 is 18.1 Å². The van der Waals surface area contributed by atoms with E-state index in [2.05, 4.69) is 11.7 Å². The van der Waals surface area contributed by atoms with Gasteiger partial charge in [0.1, 0.15) is 6.04 Å². The van der Waals surface area contributed by atoms with E-state index in [4.69, 9.17) is 5.73 Å². The van der Waals surface area contributed by atoms with Crippen molar-refractivity contribution in [1.29, 1.82) is 0 Å². The Kier molecular flexibility index (Phi) is 15.4. The molecule has 0 heterocycles. The molecule has 0 amide bonds. The zero-order valence-electron chi connectivity index (χ0n) is 15.1. The molecule has 0 unspecified atom stereocenters. The molecule has 0 radical (unpaired) electrons. The average molecular weight is 328 g/mol. The number of carbonyl (C=O) groups excluding carboxylic acids is 1. The third-order valence-electron chi connectivity index (χ3n) is 4.15. The van der Waals surface area contributed by atoms with Crippen LogP contribution in [0.4, 0.5) is 0 Å². The predicted molar refractivity (Wildman–Crippen MR) is 96.2 cm³/mol. The molecule has 0 rings (SSSR count). The molecule has 0 aliphatic heterocycles. The van der Waals surface area contributed by atoms with E-state index >= 15 is 0 Å². The van der Waals surface area contributed by atoms with E-state index in [0.717, 1.165) is 12.8 Å². The maximum atomic E-state index is 11.1.